The maximum absolute atomic E-state index is 9.33. The Kier molecular flexibility index (Phi) is 8.89. The van der Waals surface area contributed by atoms with Gasteiger partial charge in [0.05, 0.1) is 7.11 Å². The number of hydrogen-bond donors (Lipinski definition) is 2. The SMILES string of the molecule is C=CCC(C)(CC=C)C(N)c1ccccc1.COS(=O)(=O)O. The summed E-state index contributed by atoms with van der Waals surface area (Å²) >= 11 is 0. The van der Waals surface area contributed by atoms with Gasteiger partial charge in [0.1, 0.15) is 0 Å². The highest BCUT2D eigenvalue weighted by Gasteiger charge is 2.30. The standard InChI is InChI=1S/C15H21N.CH4O4S/c1-4-11-15(3,12-5-2)14(16)13-9-7-6-8-10-13;1-5-6(2,3)4/h4-10,14H,1-2,11-12,16H2,3H3;1H3,(H,2,3,4). The highest BCUT2D eigenvalue weighted by atomic mass is 32.3. The fourth-order valence-corrected chi connectivity index (χ4v) is 2.06. The van der Waals surface area contributed by atoms with Crippen molar-refractivity contribution in [3.63, 3.8) is 0 Å². The summed E-state index contributed by atoms with van der Waals surface area (Å²) in [5, 5.41) is 0. The molecule has 0 aromatic heterocycles. The molecule has 1 unspecified atom stereocenters. The van der Waals surface area contributed by atoms with E-state index in [1.807, 2.05) is 30.4 Å². The zero-order valence-corrected chi connectivity index (χ0v) is 13.9. The van der Waals surface area contributed by atoms with Crippen molar-refractivity contribution in [1.29, 1.82) is 0 Å². The summed E-state index contributed by atoms with van der Waals surface area (Å²) in [4.78, 5) is 0. The predicted octanol–water partition coefficient (Wildman–Crippen LogP) is 3.28. The van der Waals surface area contributed by atoms with Gasteiger partial charge in [0, 0.05) is 6.04 Å². The highest BCUT2D eigenvalue weighted by Crippen LogP contribution is 2.38. The van der Waals surface area contributed by atoms with E-state index >= 15 is 0 Å². The van der Waals surface area contributed by atoms with Gasteiger partial charge >= 0.3 is 10.4 Å². The largest absolute Gasteiger partial charge is 0.397 e. The molecular formula is C16H25NO4S. The first kappa shape index (κ1) is 20.5. The van der Waals surface area contributed by atoms with E-state index in [9.17, 15) is 8.42 Å². The summed E-state index contributed by atoms with van der Waals surface area (Å²) in [5.41, 5.74) is 7.53. The molecule has 0 aliphatic heterocycles. The molecule has 1 aromatic rings. The van der Waals surface area contributed by atoms with Gasteiger partial charge in [-0.2, -0.15) is 8.42 Å². The van der Waals surface area contributed by atoms with Crippen LogP contribution in [-0.2, 0) is 14.6 Å². The zero-order chi connectivity index (χ0) is 17.2. The average molecular weight is 327 g/mol. The number of rotatable bonds is 7. The van der Waals surface area contributed by atoms with E-state index in [0.29, 0.717) is 0 Å². The molecule has 0 aliphatic rings. The molecule has 124 valence electrons. The molecule has 6 heteroatoms. The van der Waals surface area contributed by atoms with E-state index < -0.39 is 10.4 Å². The zero-order valence-electron chi connectivity index (χ0n) is 13.1. The molecule has 0 saturated carbocycles. The van der Waals surface area contributed by atoms with Gasteiger partial charge in [-0.3, -0.25) is 8.74 Å². The van der Waals surface area contributed by atoms with E-state index in [1.54, 1.807) is 0 Å². The lowest BCUT2D eigenvalue weighted by Gasteiger charge is -2.34. The molecular weight excluding hydrogens is 302 g/mol. The quantitative estimate of drug-likeness (QED) is 0.592. The fraction of sp³-hybridized carbons (Fsp3) is 0.375. The molecule has 1 aromatic carbocycles. The van der Waals surface area contributed by atoms with Crippen LogP contribution in [0.3, 0.4) is 0 Å². The van der Waals surface area contributed by atoms with Crippen molar-refractivity contribution in [2.45, 2.75) is 25.8 Å². The van der Waals surface area contributed by atoms with Gasteiger partial charge in [0.2, 0.25) is 0 Å². The molecule has 0 amide bonds. The molecule has 0 saturated heterocycles. The Balaban J connectivity index is 0.000000626. The second-order valence-electron chi connectivity index (χ2n) is 5.12. The lowest BCUT2D eigenvalue weighted by Crippen LogP contribution is -2.31. The second-order valence-corrected chi connectivity index (χ2v) is 6.31. The Morgan fingerprint density at radius 1 is 1.27 bits per heavy atom. The van der Waals surface area contributed by atoms with Crippen molar-refractivity contribution < 1.29 is 17.2 Å². The molecule has 5 nitrogen and oxygen atoms in total. The highest BCUT2D eigenvalue weighted by molar-refractivity contribution is 7.80. The van der Waals surface area contributed by atoms with Gasteiger partial charge in [-0.05, 0) is 23.8 Å². The minimum Gasteiger partial charge on any atom is -0.323 e. The summed E-state index contributed by atoms with van der Waals surface area (Å²) in [6.45, 7) is 9.82. The van der Waals surface area contributed by atoms with Crippen LogP contribution in [-0.4, -0.2) is 20.1 Å². The van der Waals surface area contributed by atoms with Crippen LogP contribution in [0.5, 0.6) is 0 Å². The molecule has 0 heterocycles. The predicted molar refractivity (Wildman–Crippen MR) is 89.7 cm³/mol. The van der Waals surface area contributed by atoms with Crippen LogP contribution in [0.15, 0.2) is 55.6 Å². The molecule has 0 fully saturated rings. The lowest BCUT2D eigenvalue weighted by molar-refractivity contribution is 0.262. The first-order valence-electron chi connectivity index (χ1n) is 6.75. The summed E-state index contributed by atoms with van der Waals surface area (Å²) in [7, 11) is -3.29. The third kappa shape index (κ3) is 7.51. The number of allylic oxidation sites excluding steroid dienone is 2. The Hall–Kier alpha value is -1.47. The van der Waals surface area contributed by atoms with Crippen molar-refractivity contribution in [3.05, 3.63) is 61.2 Å². The summed E-state index contributed by atoms with van der Waals surface area (Å²) in [5.74, 6) is 0. The summed E-state index contributed by atoms with van der Waals surface area (Å²) in [6.07, 6.45) is 5.67. The Bertz CT molecular complexity index is 545. The summed E-state index contributed by atoms with van der Waals surface area (Å²) in [6, 6.07) is 10.2. The fourth-order valence-electron chi connectivity index (χ4n) is 2.06. The minimum absolute atomic E-state index is 0.00481. The van der Waals surface area contributed by atoms with Gasteiger partial charge in [-0.15, -0.1) is 13.2 Å². The maximum Gasteiger partial charge on any atom is 0.397 e. The van der Waals surface area contributed by atoms with Crippen LogP contribution in [0.1, 0.15) is 31.4 Å². The molecule has 1 atom stereocenters. The number of hydrogen-bond acceptors (Lipinski definition) is 4. The van der Waals surface area contributed by atoms with Crippen molar-refractivity contribution in [2.24, 2.45) is 11.1 Å². The first-order chi connectivity index (χ1) is 10.2. The van der Waals surface area contributed by atoms with Crippen LogP contribution in [0.4, 0.5) is 0 Å². The Labute approximate surface area is 133 Å². The van der Waals surface area contributed by atoms with Gasteiger partial charge < -0.3 is 5.73 Å². The Morgan fingerprint density at radius 3 is 2.00 bits per heavy atom. The molecule has 1 rings (SSSR count). The Morgan fingerprint density at radius 2 is 1.68 bits per heavy atom. The van der Waals surface area contributed by atoms with Gasteiger partial charge in [0.25, 0.3) is 0 Å². The molecule has 0 bridgehead atoms. The van der Waals surface area contributed by atoms with Crippen molar-refractivity contribution in [3.8, 4) is 0 Å². The summed E-state index contributed by atoms with van der Waals surface area (Å²) < 4.78 is 29.7. The molecule has 0 aliphatic carbocycles. The van der Waals surface area contributed by atoms with Crippen LogP contribution >= 0.6 is 0 Å². The smallest absolute Gasteiger partial charge is 0.323 e. The van der Waals surface area contributed by atoms with Gasteiger partial charge in [0.15, 0.2) is 0 Å². The van der Waals surface area contributed by atoms with E-state index in [2.05, 4.69) is 36.4 Å². The molecule has 0 radical (unpaired) electrons. The van der Waals surface area contributed by atoms with Crippen LogP contribution in [0.2, 0.25) is 0 Å². The van der Waals surface area contributed by atoms with Gasteiger partial charge in [-0.1, -0.05) is 49.4 Å². The third-order valence-electron chi connectivity index (χ3n) is 3.34. The average Bonchev–Trinajstić information content (AvgIpc) is 2.48. The topological polar surface area (TPSA) is 89.6 Å². The third-order valence-corrected chi connectivity index (χ3v) is 3.76. The van der Waals surface area contributed by atoms with Crippen molar-refractivity contribution in [1.82, 2.24) is 0 Å². The second kappa shape index (κ2) is 9.53. The first-order valence-corrected chi connectivity index (χ1v) is 8.12. The van der Waals surface area contributed by atoms with Crippen LogP contribution in [0.25, 0.3) is 0 Å². The van der Waals surface area contributed by atoms with E-state index in [0.717, 1.165) is 20.0 Å². The molecule has 22 heavy (non-hydrogen) atoms. The molecule has 0 spiro atoms. The lowest BCUT2D eigenvalue weighted by atomic mass is 9.74. The molecule has 3 N–H and O–H groups in total. The number of benzene rings is 1. The maximum atomic E-state index is 9.33. The minimum atomic E-state index is -4.16. The van der Waals surface area contributed by atoms with Crippen LogP contribution < -0.4 is 5.73 Å². The monoisotopic (exact) mass is 327 g/mol. The van der Waals surface area contributed by atoms with E-state index in [-0.39, 0.29) is 11.5 Å². The van der Waals surface area contributed by atoms with Crippen molar-refractivity contribution >= 4 is 10.4 Å². The van der Waals surface area contributed by atoms with E-state index in [4.69, 9.17) is 10.3 Å². The van der Waals surface area contributed by atoms with Crippen molar-refractivity contribution in [2.75, 3.05) is 7.11 Å². The number of nitrogens with two attached hydrogens (primary N) is 1. The normalized spacial score (nSPS) is 12.7. The van der Waals surface area contributed by atoms with Gasteiger partial charge in [-0.25, -0.2) is 0 Å². The van der Waals surface area contributed by atoms with E-state index in [1.165, 1.54) is 5.56 Å². The van der Waals surface area contributed by atoms with Crippen LogP contribution in [0, 0.1) is 5.41 Å².